The van der Waals surface area contributed by atoms with E-state index in [9.17, 15) is 16.8 Å². The summed E-state index contributed by atoms with van der Waals surface area (Å²) in [6, 6.07) is 12.7. The summed E-state index contributed by atoms with van der Waals surface area (Å²) < 4.78 is 50.4. The van der Waals surface area contributed by atoms with E-state index in [0.29, 0.717) is 11.5 Å². The number of aryl methyl sites for hydroxylation is 1. The molecular weight excluding hydrogens is 450 g/mol. The van der Waals surface area contributed by atoms with Gasteiger partial charge in [0.1, 0.15) is 5.82 Å². The first-order valence-electron chi connectivity index (χ1n) is 9.72. The molecule has 170 valence electrons. The van der Waals surface area contributed by atoms with Crippen molar-refractivity contribution < 1.29 is 16.8 Å². The Kier molecular flexibility index (Phi) is 6.82. The van der Waals surface area contributed by atoms with Gasteiger partial charge in [-0.25, -0.2) is 26.5 Å². The summed E-state index contributed by atoms with van der Waals surface area (Å²) in [5.41, 5.74) is 9.70. The van der Waals surface area contributed by atoms with Crippen molar-refractivity contribution in [1.29, 1.82) is 0 Å². The largest absolute Gasteiger partial charge is 0.369 e. The molecule has 3 aromatic rings. The van der Waals surface area contributed by atoms with Gasteiger partial charge in [0, 0.05) is 31.0 Å². The van der Waals surface area contributed by atoms with Gasteiger partial charge < -0.3 is 11.1 Å². The van der Waals surface area contributed by atoms with Crippen molar-refractivity contribution in [2.45, 2.75) is 23.6 Å². The Morgan fingerprint density at radius 3 is 2.22 bits per heavy atom. The van der Waals surface area contributed by atoms with Crippen LogP contribution in [0.1, 0.15) is 11.1 Å². The Labute approximate surface area is 188 Å². The lowest BCUT2D eigenvalue weighted by molar-refractivity contribution is 0.582. The quantitative estimate of drug-likeness (QED) is 0.420. The Morgan fingerprint density at radius 2 is 1.56 bits per heavy atom. The van der Waals surface area contributed by atoms with Gasteiger partial charge in [0.05, 0.1) is 15.5 Å². The van der Waals surface area contributed by atoms with E-state index >= 15 is 0 Å². The zero-order valence-electron chi connectivity index (χ0n) is 18.0. The first-order chi connectivity index (χ1) is 15.0. The van der Waals surface area contributed by atoms with Gasteiger partial charge in [-0.1, -0.05) is 18.2 Å². The molecule has 11 heteroatoms. The minimum Gasteiger partial charge on any atom is -0.369 e. The van der Waals surface area contributed by atoms with Crippen molar-refractivity contribution in [2.75, 3.05) is 30.4 Å². The summed E-state index contributed by atoms with van der Waals surface area (Å²) in [6.45, 7) is 4.36. The maximum Gasteiger partial charge on any atom is 0.240 e. The van der Waals surface area contributed by atoms with Gasteiger partial charge in [-0.2, -0.15) is 4.98 Å². The van der Waals surface area contributed by atoms with Crippen molar-refractivity contribution >= 4 is 31.6 Å². The number of nitrogens with two attached hydrogens (primary N) is 1. The van der Waals surface area contributed by atoms with Gasteiger partial charge >= 0.3 is 0 Å². The van der Waals surface area contributed by atoms with Crippen LogP contribution in [0.15, 0.2) is 58.3 Å². The molecule has 0 atom stereocenters. The third kappa shape index (κ3) is 5.61. The van der Waals surface area contributed by atoms with E-state index in [1.54, 1.807) is 6.07 Å². The average molecular weight is 476 g/mol. The van der Waals surface area contributed by atoms with Crippen LogP contribution in [0.25, 0.3) is 11.3 Å². The molecule has 0 spiro atoms. The number of rotatable bonds is 8. The summed E-state index contributed by atoms with van der Waals surface area (Å²) in [6.07, 6.45) is 1.06. The number of nitrogen functional groups attached to an aromatic ring is 1. The van der Waals surface area contributed by atoms with E-state index in [2.05, 4.69) is 20.0 Å². The second kappa shape index (κ2) is 9.23. The Balaban J connectivity index is 1.65. The SMILES string of the molecule is Cc1cccc(-c2cc(NCCNS(=O)(=O)c3ccc(S(C)(=O)=O)cc3)nc(N)n2)c1C. The Morgan fingerprint density at radius 1 is 0.906 bits per heavy atom. The average Bonchev–Trinajstić information content (AvgIpc) is 2.72. The predicted molar refractivity (Wildman–Crippen MR) is 125 cm³/mol. The van der Waals surface area contributed by atoms with E-state index in [1.807, 2.05) is 32.0 Å². The fourth-order valence-corrected chi connectivity index (χ4v) is 4.71. The molecule has 0 aliphatic carbocycles. The molecular formula is C21H25N5O4S2. The van der Waals surface area contributed by atoms with Gasteiger partial charge in [0.2, 0.25) is 16.0 Å². The van der Waals surface area contributed by atoms with E-state index in [-0.39, 0.29) is 28.8 Å². The van der Waals surface area contributed by atoms with Crippen molar-refractivity contribution in [1.82, 2.24) is 14.7 Å². The van der Waals surface area contributed by atoms with Crippen LogP contribution in [0.5, 0.6) is 0 Å². The molecule has 0 unspecified atom stereocenters. The number of hydrogen-bond acceptors (Lipinski definition) is 8. The monoisotopic (exact) mass is 475 g/mol. The zero-order chi connectivity index (χ0) is 23.5. The molecule has 1 heterocycles. The van der Waals surface area contributed by atoms with Crippen LogP contribution in [0.2, 0.25) is 0 Å². The smallest absolute Gasteiger partial charge is 0.240 e. The number of aromatic nitrogens is 2. The first kappa shape index (κ1) is 23.6. The van der Waals surface area contributed by atoms with Gasteiger partial charge in [0.15, 0.2) is 9.84 Å². The maximum atomic E-state index is 12.4. The molecule has 32 heavy (non-hydrogen) atoms. The molecule has 0 amide bonds. The van der Waals surface area contributed by atoms with Crippen LogP contribution in [0, 0.1) is 13.8 Å². The van der Waals surface area contributed by atoms with Gasteiger partial charge in [-0.15, -0.1) is 0 Å². The molecule has 0 saturated carbocycles. The molecule has 2 aromatic carbocycles. The molecule has 0 aliphatic heterocycles. The minimum absolute atomic E-state index is 0.0200. The van der Waals surface area contributed by atoms with E-state index in [0.717, 1.165) is 22.9 Å². The number of nitrogens with one attached hydrogen (secondary N) is 2. The van der Waals surface area contributed by atoms with E-state index < -0.39 is 19.9 Å². The highest BCUT2D eigenvalue weighted by atomic mass is 32.2. The van der Waals surface area contributed by atoms with Crippen LogP contribution in [-0.4, -0.2) is 46.1 Å². The number of nitrogens with zero attached hydrogens (tertiary/aromatic N) is 2. The summed E-state index contributed by atoms with van der Waals surface area (Å²) in [5, 5.41) is 3.05. The Hall–Kier alpha value is -3.02. The predicted octanol–water partition coefficient (Wildman–Crippen LogP) is 2.14. The maximum absolute atomic E-state index is 12.4. The lowest BCUT2D eigenvalue weighted by Crippen LogP contribution is -2.29. The van der Waals surface area contributed by atoms with Crippen LogP contribution >= 0.6 is 0 Å². The Bertz CT molecular complexity index is 1340. The van der Waals surface area contributed by atoms with Gasteiger partial charge in [-0.3, -0.25) is 0 Å². The number of benzene rings is 2. The third-order valence-corrected chi connectivity index (χ3v) is 7.51. The lowest BCUT2D eigenvalue weighted by Gasteiger charge is -2.12. The summed E-state index contributed by atoms with van der Waals surface area (Å²) in [4.78, 5) is 8.50. The summed E-state index contributed by atoms with van der Waals surface area (Å²) in [5.74, 6) is 0.586. The molecule has 4 N–H and O–H groups in total. The van der Waals surface area contributed by atoms with E-state index in [4.69, 9.17) is 5.73 Å². The van der Waals surface area contributed by atoms with E-state index in [1.165, 1.54) is 24.3 Å². The molecule has 0 radical (unpaired) electrons. The highest BCUT2D eigenvalue weighted by Crippen LogP contribution is 2.26. The van der Waals surface area contributed by atoms with Crippen LogP contribution in [-0.2, 0) is 19.9 Å². The number of anilines is 2. The molecule has 9 nitrogen and oxygen atoms in total. The zero-order valence-corrected chi connectivity index (χ0v) is 19.6. The third-order valence-electron chi connectivity index (χ3n) is 4.91. The van der Waals surface area contributed by atoms with Crippen molar-refractivity contribution in [3.63, 3.8) is 0 Å². The highest BCUT2D eigenvalue weighted by molar-refractivity contribution is 7.90. The standard InChI is InChI=1S/C21H25N5O4S2/c1-14-5-4-6-18(15(14)2)19-13-20(26-21(22)25-19)23-11-12-24-32(29,30)17-9-7-16(8-10-17)31(3,27)28/h4-10,13,24H,11-12H2,1-3H3,(H3,22,23,25,26). The van der Waals surface area contributed by atoms with Gasteiger partial charge in [0.25, 0.3) is 0 Å². The molecule has 0 saturated heterocycles. The number of sulfone groups is 1. The van der Waals surface area contributed by atoms with Crippen molar-refractivity contribution in [3.8, 4) is 11.3 Å². The summed E-state index contributed by atoms with van der Waals surface area (Å²) >= 11 is 0. The molecule has 0 aliphatic rings. The molecule has 0 bridgehead atoms. The second-order valence-corrected chi connectivity index (χ2v) is 11.1. The second-order valence-electron chi connectivity index (χ2n) is 7.31. The first-order valence-corrected chi connectivity index (χ1v) is 13.1. The number of sulfonamides is 1. The van der Waals surface area contributed by atoms with Crippen LogP contribution in [0.3, 0.4) is 0 Å². The topological polar surface area (TPSA) is 144 Å². The fraction of sp³-hybridized carbons (Fsp3) is 0.238. The molecule has 0 fully saturated rings. The van der Waals surface area contributed by atoms with Crippen LogP contribution < -0.4 is 15.8 Å². The highest BCUT2D eigenvalue weighted by Gasteiger charge is 2.15. The number of hydrogen-bond donors (Lipinski definition) is 3. The normalized spacial score (nSPS) is 12.0. The fourth-order valence-electron chi connectivity index (χ4n) is 3.05. The van der Waals surface area contributed by atoms with Crippen molar-refractivity contribution in [3.05, 3.63) is 59.7 Å². The van der Waals surface area contributed by atoms with Crippen molar-refractivity contribution in [2.24, 2.45) is 0 Å². The lowest BCUT2D eigenvalue weighted by atomic mass is 10.0. The molecule has 1 aromatic heterocycles. The molecule has 3 rings (SSSR count). The summed E-state index contributed by atoms with van der Waals surface area (Å²) in [7, 11) is -7.19. The minimum atomic E-state index is -3.79. The van der Waals surface area contributed by atoms with Gasteiger partial charge in [-0.05, 0) is 49.2 Å². The van der Waals surface area contributed by atoms with Crippen LogP contribution in [0.4, 0.5) is 11.8 Å².